The van der Waals surface area contributed by atoms with Gasteiger partial charge in [0.05, 0.1) is 5.02 Å². The van der Waals surface area contributed by atoms with E-state index in [2.05, 4.69) is 30.9 Å². The SMILES string of the molecule is Cc1nc(Br)cc(Sc2ncccc2Cl)n1. The molecule has 0 N–H and O–H groups in total. The van der Waals surface area contributed by atoms with Gasteiger partial charge in [-0.25, -0.2) is 15.0 Å². The normalized spacial score (nSPS) is 10.4. The predicted octanol–water partition coefficient (Wildman–Crippen LogP) is 3.75. The van der Waals surface area contributed by atoms with Gasteiger partial charge in [-0.15, -0.1) is 0 Å². The second kappa shape index (κ2) is 5.12. The molecule has 0 atom stereocenters. The Hall–Kier alpha value is -0.650. The highest BCUT2D eigenvalue weighted by Gasteiger charge is 2.06. The van der Waals surface area contributed by atoms with Crippen molar-refractivity contribution in [3.8, 4) is 0 Å². The Morgan fingerprint density at radius 3 is 2.88 bits per heavy atom. The molecule has 0 radical (unpaired) electrons. The summed E-state index contributed by atoms with van der Waals surface area (Å²) in [5.74, 6) is 0.712. The summed E-state index contributed by atoms with van der Waals surface area (Å²) in [6.45, 7) is 1.84. The number of halogens is 2. The molecule has 0 aliphatic heterocycles. The van der Waals surface area contributed by atoms with Crippen LogP contribution < -0.4 is 0 Å². The third kappa shape index (κ3) is 2.93. The monoisotopic (exact) mass is 315 g/mol. The van der Waals surface area contributed by atoms with Gasteiger partial charge in [0.2, 0.25) is 0 Å². The molecule has 0 saturated carbocycles. The van der Waals surface area contributed by atoms with Gasteiger partial charge >= 0.3 is 0 Å². The van der Waals surface area contributed by atoms with Crippen LogP contribution in [-0.4, -0.2) is 15.0 Å². The van der Waals surface area contributed by atoms with Gasteiger partial charge in [0.25, 0.3) is 0 Å². The average molecular weight is 317 g/mol. The van der Waals surface area contributed by atoms with E-state index in [0.29, 0.717) is 10.8 Å². The summed E-state index contributed by atoms with van der Waals surface area (Å²) < 4.78 is 0.759. The number of hydrogen-bond acceptors (Lipinski definition) is 4. The van der Waals surface area contributed by atoms with Crippen molar-refractivity contribution in [2.75, 3.05) is 0 Å². The lowest BCUT2D eigenvalue weighted by molar-refractivity contribution is 0.948. The standard InChI is InChI=1S/C10H7BrClN3S/c1-6-14-8(11)5-9(15-6)16-10-7(12)3-2-4-13-10/h2-5H,1H3. The quantitative estimate of drug-likeness (QED) is 0.791. The molecule has 16 heavy (non-hydrogen) atoms. The molecule has 2 heterocycles. The van der Waals surface area contributed by atoms with E-state index in [9.17, 15) is 0 Å². The average Bonchev–Trinajstić information content (AvgIpc) is 2.20. The molecule has 0 fully saturated rings. The Kier molecular flexibility index (Phi) is 3.78. The highest BCUT2D eigenvalue weighted by molar-refractivity contribution is 9.10. The number of aryl methyl sites for hydroxylation is 1. The fourth-order valence-corrected chi connectivity index (χ4v) is 2.79. The Morgan fingerprint density at radius 1 is 1.38 bits per heavy atom. The molecule has 0 amide bonds. The molecular weight excluding hydrogens is 310 g/mol. The van der Waals surface area contributed by atoms with Gasteiger partial charge in [0, 0.05) is 12.3 Å². The predicted molar refractivity (Wildman–Crippen MR) is 67.8 cm³/mol. The van der Waals surface area contributed by atoms with Gasteiger partial charge in [-0.05, 0) is 46.7 Å². The van der Waals surface area contributed by atoms with Gasteiger partial charge in [0.1, 0.15) is 20.5 Å². The Morgan fingerprint density at radius 2 is 2.19 bits per heavy atom. The van der Waals surface area contributed by atoms with Crippen LogP contribution in [0.25, 0.3) is 0 Å². The molecule has 0 aliphatic carbocycles. The van der Waals surface area contributed by atoms with Crippen molar-refractivity contribution in [2.24, 2.45) is 0 Å². The summed E-state index contributed by atoms with van der Waals surface area (Å²) in [5.41, 5.74) is 0. The largest absolute Gasteiger partial charge is 0.248 e. The van der Waals surface area contributed by atoms with Crippen molar-refractivity contribution < 1.29 is 0 Å². The Labute approximate surface area is 111 Å². The summed E-state index contributed by atoms with van der Waals surface area (Å²) in [6, 6.07) is 5.44. The van der Waals surface area contributed by atoms with E-state index in [-0.39, 0.29) is 0 Å². The van der Waals surface area contributed by atoms with E-state index in [1.54, 1.807) is 18.3 Å². The maximum absolute atomic E-state index is 6.02. The minimum Gasteiger partial charge on any atom is -0.248 e. The molecule has 0 bridgehead atoms. The van der Waals surface area contributed by atoms with Crippen LogP contribution in [0.5, 0.6) is 0 Å². The summed E-state index contributed by atoms with van der Waals surface area (Å²) in [4.78, 5) is 12.6. The van der Waals surface area contributed by atoms with Crippen LogP contribution in [0.4, 0.5) is 0 Å². The summed E-state index contributed by atoms with van der Waals surface area (Å²) in [6.07, 6.45) is 1.71. The highest BCUT2D eigenvalue weighted by atomic mass is 79.9. The minimum absolute atomic E-state index is 0.625. The van der Waals surface area contributed by atoms with Gasteiger partial charge in [-0.1, -0.05) is 11.6 Å². The van der Waals surface area contributed by atoms with E-state index in [1.807, 2.05) is 13.0 Å². The lowest BCUT2D eigenvalue weighted by atomic mass is 10.5. The van der Waals surface area contributed by atoms with Crippen molar-refractivity contribution in [1.29, 1.82) is 0 Å². The van der Waals surface area contributed by atoms with E-state index >= 15 is 0 Å². The van der Waals surface area contributed by atoms with Crippen molar-refractivity contribution in [2.45, 2.75) is 17.0 Å². The molecule has 2 rings (SSSR count). The fourth-order valence-electron chi connectivity index (χ4n) is 1.10. The van der Waals surface area contributed by atoms with Crippen LogP contribution in [0.1, 0.15) is 5.82 Å². The fraction of sp³-hybridized carbons (Fsp3) is 0.100. The van der Waals surface area contributed by atoms with Crippen LogP contribution in [0.15, 0.2) is 39.1 Å². The van der Waals surface area contributed by atoms with Crippen LogP contribution in [0, 0.1) is 6.92 Å². The molecule has 3 nitrogen and oxygen atoms in total. The zero-order valence-corrected chi connectivity index (χ0v) is 11.5. The molecule has 0 spiro atoms. The number of pyridine rings is 1. The number of nitrogens with zero attached hydrogens (tertiary/aromatic N) is 3. The molecule has 2 aromatic rings. The van der Waals surface area contributed by atoms with E-state index in [0.717, 1.165) is 14.7 Å². The summed E-state index contributed by atoms with van der Waals surface area (Å²) in [5, 5.41) is 2.19. The van der Waals surface area contributed by atoms with Gasteiger partial charge in [0.15, 0.2) is 0 Å². The number of aromatic nitrogens is 3. The molecule has 0 unspecified atom stereocenters. The lowest BCUT2D eigenvalue weighted by Crippen LogP contribution is -1.91. The lowest BCUT2D eigenvalue weighted by Gasteiger charge is -2.03. The van der Waals surface area contributed by atoms with Crippen molar-refractivity contribution in [3.05, 3.63) is 39.8 Å². The molecule has 6 heteroatoms. The Balaban J connectivity index is 2.30. The highest BCUT2D eigenvalue weighted by Crippen LogP contribution is 2.30. The summed E-state index contributed by atoms with van der Waals surface area (Å²) in [7, 11) is 0. The number of rotatable bonds is 2. The maximum atomic E-state index is 6.02. The smallest absolute Gasteiger partial charge is 0.127 e. The maximum Gasteiger partial charge on any atom is 0.127 e. The number of hydrogen-bond donors (Lipinski definition) is 0. The minimum atomic E-state index is 0.625. The zero-order chi connectivity index (χ0) is 11.5. The molecule has 0 saturated heterocycles. The van der Waals surface area contributed by atoms with Crippen molar-refractivity contribution in [1.82, 2.24) is 15.0 Å². The first-order valence-electron chi connectivity index (χ1n) is 4.45. The topological polar surface area (TPSA) is 38.7 Å². The third-order valence-corrected chi connectivity index (χ3v) is 3.47. The van der Waals surface area contributed by atoms with Crippen molar-refractivity contribution >= 4 is 39.3 Å². The molecule has 2 aromatic heterocycles. The van der Waals surface area contributed by atoms with Crippen LogP contribution in [-0.2, 0) is 0 Å². The first-order valence-corrected chi connectivity index (χ1v) is 6.43. The first-order chi connectivity index (χ1) is 7.65. The third-order valence-electron chi connectivity index (χ3n) is 1.71. The molecule has 0 aliphatic rings. The zero-order valence-electron chi connectivity index (χ0n) is 8.32. The van der Waals surface area contributed by atoms with Crippen LogP contribution >= 0.6 is 39.3 Å². The molecule has 0 aromatic carbocycles. The van der Waals surface area contributed by atoms with Crippen molar-refractivity contribution in [3.63, 3.8) is 0 Å². The van der Waals surface area contributed by atoms with Gasteiger partial charge in [-0.3, -0.25) is 0 Å². The van der Waals surface area contributed by atoms with E-state index in [1.165, 1.54) is 11.8 Å². The van der Waals surface area contributed by atoms with Crippen LogP contribution in [0.2, 0.25) is 5.02 Å². The van der Waals surface area contributed by atoms with Gasteiger partial charge < -0.3 is 0 Å². The van der Waals surface area contributed by atoms with Crippen LogP contribution in [0.3, 0.4) is 0 Å². The molecule has 82 valence electrons. The van der Waals surface area contributed by atoms with Gasteiger partial charge in [-0.2, -0.15) is 0 Å². The Bertz CT molecular complexity index is 501. The summed E-state index contributed by atoms with van der Waals surface area (Å²) >= 11 is 10.8. The second-order valence-electron chi connectivity index (χ2n) is 2.97. The van der Waals surface area contributed by atoms with E-state index < -0.39 is 0 Å². The second-order valence-corrected chi connectivity index (χ2v) is 5.20. The first kappa shape index (κ1) is 11.8. The van der Waals surface area contributed by atoms with E-state index in [4.69, 9.17) is 11.6 Å². The molecular formula is C10H7BrClN3S.